The second kappa shape index (κ2) is 10.7. The Hall–Kier alpha value is -2.41. The molecule has 1 saturated carbocycles. The predicted octanol–water partition coefficient (Wildman–Crippen LogP) is 5.35. The van der Waals surface area contributed by atoms with Crippen molar-refractivity contribution >= 4 is 23.2 Å². The van der Waals surface area contributed by atoms with Crippen molar-refractivity contribution < 1.29 is 14.3 Å². The molecule has 0 unspecified atom stereocenters. The molecule has 1 aromatic heterocycles. The van der Waals surface area contributed by atoms with Gasteiger partial charge in [-0.1, -0.05) is 19.3 Å². The molecule has 0 radical (unpaired) electrons. The van der Waals surface area contributed by atoms with Crippen molar-refractivity contribution in [1.82, 2.24) is 14.8 Å². The maximum Gasteiger partial charge on any atom is 0.273 e. The van der Waals surface area contributed by atoms with Crippen molar-refractivity contribution in [1.29, 1.82) is 0 Å². The summed E-state index contributed by atoms with van der Waals surface area (Å²) in [5.74, 6) is 1.20. The number of rotatable bonds is 6. The van der Waals surface area contributed by atoms with E-state index in [0.29, 0.717) is 36.3 Å². The summed E-state index contributed by atoms with van der Waals surface area (Å²) in [4.78, 5) is 34.4. The van der Waals surface area contributed by atoms with Crippen LogP contribution in [0.4, 0.5) is 0 Å². The molecule has 1 aliphatic heterocycles. The molecule has 178 valence electrons. The highest BCUT2D eigenvalue weighted by Gasteiger charge is 2.29. The Bertz CT molecular complexity index is 942. The lowest BCUT2D eigenvalue weighted by Gasteiger charge is -2.31. The van der Waals surface area contributed by atoms with Crippen molar-refractivity contribution in [2.45, 2.75) is 76.9 Å². The van der Waals surface area contributed by atoms with Crippen LogP contribution in [0.15, 0.2) is 29.6 Å². The van der Waals surface area contributed by atoms with E-state index >= 15 is 0 Å². The summed E-state index contributed by atoms with van der Waals surface area (Å²) >= 11 is 1.58. The number of carbonyl (C=O) groups excluding carboxylic acids is 2. The lowest BCUT2D eigenvalue weighted by atomic mass is 9.94. The monoisotopic (exact) mass is 469 g/mol. The summed E-state index contributed by atoms with van der Waals surface area (Å²) in [6.07, 6.45) is 7.74. The molecule has 0 N–H and O–H groups in total. The third kappa shape index (κ3) is 5.75. The highest BCUT2D eigenvalue weighted by Crippen LogP contribution is 2.32. The van der Waals surface area contributed by atoms with Crippen LogP contribution in [0.1, 0.15) is 90.6 Å². The van der Waals surface area contributed by atoms with Crippen molar-refractivity contribution in [3.63, 3.8) is 0 Å². The number of carbonyl (C=O) groups is 2. The topological polar surface area (TPSA) is 62.7 Å². The minimum absolute atomic E-state index is 0.0434. The second-order valence-electron chi connectivity index (χ2n) is 9.54. The molecule has 0 spiro atoms. The third-order valence-electron chi connectivity index (χ3n) is 6.79. The standard InChI is InChI=1S/C26H35N3O3S/c1-18(2)32-22-11-9-20(10-12-22)25(30)29-15-13-19(14-16-29)24-27-23(17-33-24)26(31)28(3)21-7-5-4-6-8-21/h9-12,17-19,21H,4-8,13-16H2,1-3H3. The normalized spacial score (nSPS) is 17.9. The first-order chi connectivity index (χ1) is 15.9. The molecule has 0 bridgehead atoms. The molecule has 1 aromatic carbocycles. The van der Waals surface area contributed by atoms with Crippen LogP contribution in [0.3, 0.4) is 0 Å². The van der Waals surface area contributed by atoms with Gasteiger partial charge in [-0.2, -0.15) is 0 Å². The van der Waals surface area contributed by atoms with E-state index in [4.69, 9.17) is 9.72 Å². The van der Waals surface area contributed by atoms with Crippen LogP contribution in [0, 0.1) is 0 Å². The van der Waals surface area contributed by atoms with Gasteiger partial charge in [-0.25, -0.2) is 4.98 Å². The van der Waals surface area contributed by atoms with Crippen LogP contribution in [0.5, 0.6) is 5.75 Å². The van der Waals surface area contributed by atoms with Gasteiger partial charge < -0.3 is 14.5 Å². The van der Waals surface area contributed by atoms with Gasteiger partial charge in [0.1, 0.15) is 11.4 Å². The number of nitrogens with zero attached hydrogens (tertiary/aromatic N) is 3. The zero-order valence-electron chi connectivity index (χ0n) is 20.0. The Morgan fingerprint density at radius 3 is 2.36 bits per heavy atom. The van der Waals surface area contributed by atoms with Crippen LogP contribution in [0.25, 0.3) is 0 Å². The molecule has 1 aliphatic carbocycles. The van der Waals surface area contributed by atoms with Gasteiger partial charge in [0.05, 0.1) is 11.1 Å². The molecule has 33 heavy (non-hydrogen) atoms. The Balaban J connectivity index is 1.31. The average Bonchev–Trinajstić information content (AvgIpc) is 3.34. The number of hydrogen-bond acceptors (Lipinski definition) is 5. The van der Waals surface area contributed by atoms with E-state index in [1.54, 1.807) is 11.3 Å². The lowest BCUT2D eigenvalue weighted by Crippen LogP contribution is -2.38. The van der Waals surface area contributed by atoms with Crippen molar-refractivity contribution in [2.24, 2.45) is 0 Å². The fourth-order valence-electron chi connectivity index (χ4n) is 4.85. The van der Waals surface area contributed by atoms with E-state index in [0.717, 1.165) is 36.4 Å². The predicted molar refractivity (Wildman–Crippen MR) is 131 cm³/mol. The van der Waals surface area contributed by atoms with Gasteiger partial charge in [0.15, 0.2) is 0 Å². The van der Waals surface area contributed by atoms with Gasteiger partial charge >= 0.3 is 0 Å². The first-order valence-corrected chi connectivity index (χ1v) is 13.1. The SMILES string of the molecule is CC(C)Oc1ccc(C(=O)N2CCC(c3nc(C(=O)N(C)C4CCCCC4)cs3)CC2)cc1. The largest absolute Gasteiger partial charge is 0.491 e. The lowest BCUT2D eigenvalue weighted by molar-refractivity contribution is 0.0690. The van der Waals surface area contributed by atoms with E-state index in [1.165, 1.54) is 19.3 Å². The molecule has 2 heterocycles. The first kappa shape index (κ1) is 23.7. The summed E-state index contributed by atoms with van der Waals surface area (Å²) in [5.41, 5.74) is 1.27. The Labute approximate surface area is 200 Å². The van der Waals surface area contributed by atoms with Crippen molar-refractivity contribution in [3.05, 3.63) is 45.9 Å². The molecule has 0 atom stereocenters. The molecule has 4 rings (SSSR count). The van der Waals surface area contributed by atoms with E-state index < -0.39 is 0 Å². The van der Waals surface area contributed by atoms with Crippen LogP contribution < -0.4 is 4.74 Å². The van der Waals surface area contributed by atoms with Crippen LogP contribution in [-0.4, -0.2) is 58.9 Å². The quantitative estimate of drug-likeness (QED) is 0.572. The smallest absolute Gasteiger partial charge is 0.273 e. The van der Waals surface area contributed by atoms with Gasteiger partial charge in [-0.05, 0) is 63.8 Å². The second-order valence-corrected chi connectivity index (χ2v) is 10.4. The molecule has 7 heteroatoms. The number of piperidine rings is 1. The Kier molecular flexibility index (Phi) is 7.68. The maximum absolute atomic E-state index is 12.9. The van der Waals surface area contributed by atoms with Gasteiger partial charge in [-0.15, -0.1) is 11.3 Å². The van der Waals surface area contributed by atoms with Crippen LogP contribution in [-0.2, 0) is 0 Å². The number of ether oxygens (including phenoxy) is 1. The van der Waals surface area contributed by atoms with E-state index in [1.807, 2.05) is 60.3 Å². The number of benzene rings is 1. The van der Waals surface area contributed by atoms with Crippen LogP contribution in [0.2, 0.25) is 0 Å². The molecule has 2 amide bonds. The fraction of sp³-hybridized carbons (Fsp3) is 0.577. The number of thiazole rings is 1. The van der Waals surface area contributed by atoms with Gasteiger partial charge in [0, 0.05) is 43.0 Å². The van der Waals surface area contributed by atoms with Crippen LogP contribution >= 0.6 is 11.3 Å². The number of aromatic nitrogens is 1. The molecule has 1 saturated heterocycles. The fourth-order valence-corrected chi connectivity index (χ4v) is 5.81. The summed E-state index contributed by atoms with van der Waals surface area (Å²) in [6.45, 7) is 5.39. The minimum atomic E-state index is 0.0434. The molecule has 2 aromatic rings. The molecular weight excluding hydrogens is 434 g/mol. The zero-order chi connectivity index (χ0) is 23.4. The van der Waals surface area contributed by atoms with E-state index in [-0.39, 0.29) is 17.9 Å². The average molecular weight is 470 g/mol. The minimum Gasteiger partial charge on any atom is -0.491 e. The Morgan fingerprint density at radius 2 is 1.73 bits per heavy atom. The highest BCUT2D eigenvalue weighted by atomic mass is 32.1. The summed E-state index contributed by atoms with van der Waals surface area (Å²) < 4.78 is 5.67. The molecule has 6 nitrogen and oxygen atoms in total. The third-order valence-corrected chi connectivity index (χ3v) is 7.80. The van der Waals surface area contributed by atoms with Gasteiger partial charge in [0.2, 0.25) is 0 Å². The zero-order valence-corrected chi connectivity index (χ0v) is 20.8. The molecule has 2 aliphatic rings. The number of hydrogen-bond donors (Lipinski definition) is 0. The summed E-state index contributed by atoms with van der Waals surface area (Å²) in [5, 5.41) is 2.94. The van der Waals surface area contributed by atoms with Gasteiger partial charge in [-0.3, -0.25) is 9.59 Å². The number of amides is 2. The van der Waals surface area contributed by atoms with Crippen molar-refractivity contribution in [2.75, 3.05) is 20.1 Å². The first-order valence-electron chi connectivity index (χ1n) is 12.2. The molecular formula is C26H35N3O3S. The van der Waals surface area contributed by atoms with Gasteiger partial charge in [0.25, 0.3) is 11.8 Å². The van der Waals surface area contributed by atoms with E-state index in [2.05, 4.69) is 0 Å². The number of likely N-dealkylation sites (tertiary alicyclic amines) is 1. The molecule has 2 fully saturated rings. The maximum atomic E-state index is 12.9. The van der Waals surface area contributed by atoms with E-state index in [9.17, 15) is 9.59 Å². The summed E-state index contributed by atoms with van der Waals surface area (Å²) in [6, 6.07) is 7.75. The summed E-state index contributed by atoms with van der Waals surface area (Å²) in [7, 11) is 1.92. The highest BCUT2D eigenvalue weighted by molar-refractivity contribution is 7.09. The van der Waals surface area contributed by atoms with Crippen molar-refractivity contribution in [3.8, 4) is 5.75 Å². The Morgan fingerprint density at radius 1 is 1.06 bits per heavy atom.